The Kier molecular flexibility index (Phi) is 4.56. The van der Waals surface area contributed by atoms with Crippen molar-refractivity contribution in [1.29, 1.82) is 5.41 Å². The smallest absolute Gasteiger partial charge is 0.125 e. The predicted octanol–water partition coefficient (Wildman–Crippen LogP) is 4.15. The summed E-state index contributed by atoms with van der Waals surface area (Å²) in [6, 6.07) is 14.3. The molecule has 0 aromatic heterocycles. The van der Waals surface area contributed by atoms with Crippen molar-refractivity contribution in [3.8, 4) is 0 Å². The summed E-state index contributed by atoms with van der Waals surface area (Å²) >= 11 is 3.28. The molecule has 0 heterocycles. The Labute approximate surface area is 122 Å². The van der Waals surface area contributed by atoms with Crippen LogP contribution in [-0.2, 0) is 0 Å². The summed E-state index contributed by atoms with van der Waals surface area (Å²) in [6.07, 6.45) is 2.00. The fourth-order valence-electron chi connectivity index (χ4n) is 1.82. The number of benzene rings is 2. The zero-order valence-electron chi connectivity index (χ0n) is 10.9. The first-order chi connectivity index (χ1) is 9.13. The van der Waals surface area contributed by atoms with E-state index >= 15 is 0 Å². The number of hydrogen-bond acceptors (Lipinski definition) is 3. The van der Waals surface area contributed by atoms with Crippen LogP contribution in [0.25, 0.3) is 0 Å². The topological polar surface area (TPSA) is 49.9 Å². The third kappa shape index (κ3) is 3.14. The Morgan fingerprint density at radius 3 is 2.26 bits per heavy atom. The van der Waals surface area contributed by atoms with Crippen LogP contribution in [0, 0.1) is 12.3 Å². The van der Waals surface area contributed by atoms with Crippen LogP contribution in [0.1, 0.15) is 11.1 Å². The van der Waals surface area contributed by atoms with E-state index in [1.807, 2.05) is 36.6 Å². The van der Waals surface area contributed by atoms with E-state index in [-0.39, 0.29) is 5.84 Å². The average molecular weight is 288 g/mol. The standard InChI is InChI=1S/C15H16N2S2/c1-10-6-3-4-7-11(10)19-13-9-5-8-12(18-2)14(13)15(16)17/h3-9H,1-2H3,(H3,16,17). The molecule has 0 bridgehead atoms. The Morgan fingerprint density at radius 1 is 1.00 bits per heavy atom. The number of aryl methyl sites for hydroxylation is 1. The average Bonchev–Trinajstić information content (AvgIpc) is 2.40. The Hall–Kier alpha value is -1.39. The maximum atomic E-state index is 7.79. The Morgan fingerprint density at radius 2 is 1.63 bits per heavy atom. The minimum Gasteiger partial charge on any atom is -0.384 e. The zero-order valence-corrected chi connectivity index (χ0v) is 12.6. The lowest BCUT2D eigenvalue weighted by Gasteiger charge is -2.12. The first-order valence-corrected chi connectivity index (χ1v) is 7.92. The molecule has 2 aromatic rings. The fraction of sp³-hybridized carbons (Fsp3) is 0.133. The molecule has 0 spiro atoms. The van der Waals surface area contributed by atoms with Crippen LogP contribution in [0.15, 0.2) is 57.2 Å². The van der Waals surface area contributed by atoms with E-state index in [0.717, 1.165) is 15.4 Å². The minimum atomic E-state index is 0.126. The van der Waals surface area contributed by atoms with Crippen LogP contribution >= 0.6 is 23.5 Å². The predicted molar refractivity (Wildman–Crippen MR) is 84.5 cm³/mol. The van der Waals surface area contributed by atoms with Gasteiger partial charge in [0, 0.05) is 20.2 Å². The molecule has 0 aliphatic rings. The second kappa shape index (κ2) is 6.17. The highest BCUT2D eigenvalue weighted by Crippen LogP contribution is 2.35. The Bertz CT molecular complexity index is 609. The van der Waals surface area contributed by atoms with E-state index in [2.05, 4.69) is 19.1 Å². The van der Waals surface area contributed by atoms with E-state index in [9.17, 15) is 0 Å². The molecular formula is C15H16N2S2. The van der Waals surface area contributed by atoms with Gasteiger partial charge in [0.15, 0.2) is 0 Å². The molecule has 2 aromatic carbocycles. The van der Waals surface area contributed by atoms with Gasteiger partial charge in [0.1, 0.15) is 5.84 Å². The molecule has 2 nitrogen and oxygen atoms in total. The zero-order chi connectivity index (χ0) is 13.8. The molecule has 0 atom stereocenters. The van der Waals surface area contributed by atoms with Crippen molar-refractivity contribution < 1.29 is 0 Å². The number of nitrogens with one attached hydrogen (secondary N) is 1. The largest absolute Gasteiger partial charge is 0.384 e. The summed E-state index contributed by atoms with van der Waals surface area (Å²) in [5.41, 5.74) is 7.81. The van der Waals surface area contributed by atoms with Crippen molar-refractivity contribution >= 4 is 29.4 Å². The summed E-state index contributed by atoms with van der Waals surface area (Å²) in [5, 5.41) is 7.79. The van der Waals surface area contributed by atoms with Gasteiger partial charge in [0.05, 0.1) is 0 Å². The van der Waals surface area contributed by atoms with Crippen LogP contribution in [0.2, 0.25) is 0 Å². The van der Waals surface area contributed by atoms with E-state index in [1.165, 1.54) is 10.5 Å². The second-order valence-corrected chi connectivity index (χ2v) is 6.05. The molecule has 0 aliphatic heterocycles. The van der Waals surface area contributed by atoms with Gasteiger partial charge in [-0.15, -0.1) is 11.8 Å². The van der Waals surface area contributed by atoms with Gasteiger partial charge in [0.2, 0.25) is 0 Å². The third-order valence-corrected chi connectivity index (χ3v) is 4.81. The first-order valence-electron chi connectivity index (χ1n) is 5.88. The lowest BCUT2D eigenvalue weighted by Crippen LogP contribution is -2.13. The number of rotatable bonds is 4. The number of nitrogens with two attached hydrogens (primary N) is 1. The fourth-order valence-corrected chi connectivity index (χ4v) is 3.61. The molecule has 4 heteroatoms. The lowest BCUT2D eigenvalue weighted by molar-refractivity contribution is 1.23. The molecule has 0 amide bonds. The van der Waals surface area contributed by atoms with Crippen LogP contribution < -0.4 is 5.73 Å². The normalized spacial score (nSPS) is 10.4. The summed E-state index contributed by atoms with van der Waals surface area (Å²) in [7, 11) is 0. The highest BCUT2D eigenvalue weighted by atomic mass is 32.2. The highest BCUT2D eigenvalue weighted by molar-refractivity contribution is 8.00. The third-order valence-electron chi connectivity index (χ3n) is 2.79. The molecule has 19 heavy (non-hydrogen) atoms. The van der Waals surface area contributed by atoms with Gasteiger partial charge in [-0.2, -0.15) is 0 Å². The molecule has 0 unspecified atom stereocenters. The molecule has 0 radical (unpaired) electrons. The van der Waals surface area contributed by atoms with E-state index in [0.29, 0.717) is 0 Å². The van der Waals surface area contributed by atoms with E-state index < -0.39 is 0 Å². The number of hydrogen-bond donors (Lipinski definition) is 2. The molecule has 0 fully saturated rings. The number of amidine groups is 1. The van der Waals surface area contributed by atoms with E-state index in [4.69, 9.17) is 11.1 Å². The van der Waals surface area contributed by atoms with Gasteiger partial charge in [-0.25, -0.2) is 0 Å². The van der Waals surface area contributed by atoms with Crippen molar-refractivity contribution in [1.82, 2.24) is 0 Å². The van der Waals surface area contributed by atoms with Crippen molar-refractivity contribution in [3.05, 3.63) is 53.6 Å². The lowest BCUT2D eigenvalue weighted by atomic mass is 10.2. The van der Waals surface area contributed by atoms with Gasteiger partial charge < -0.3 is 5.73 Å². The summed E-state index contributed by atoms with van der Waals surface area (Å²) in [6.45, 7) is 2.09. The van der Waals surface area contributed by atoms with Crippen molar-refractivity contribution in [3.63, 3.8) is 0 Å². The maximum absolute atomic E-state index is 7.79. The number of thioether (sulfide) groups is 1. The van der Waals surface area contributed by atoms with Crippen LogP contribution in [-0.4, -0.2) is 12.1 Å². The van der Waals surface area contributed by atoms with Gasteiger partial charge in [-0.1, -0.05) is 36.0 Å². The first kappa shape index (κ1) is 14.0. The van der Waals surface area contributed by atoms with Crippen LogP contribution in [0.4, 0.5) is 0 Å². The van der Waals surface area contributed by atoms with E-state index in [1.54, 1.807) is 23.5 Å². The molecule has 2 rings (SSSR count). The molecule has 0 aliphatic carbocycles. The molecule has 0 saturated carbocycles. The molecular weight excluding hydrogens is 272 g/mol. The quantitative estimate of drug-likeness (QED) is 0.505. The van der Waals surface area contributed by atoms with Crippen molar-refractivity contribution in [2.45, 2.75) is 21.6 Å². The van der Waals surface area contributed by atoms with Crippen LogP contribution in [0.3, 0.4) is 0 Å². The molecule has 3 N–H and O–H groups in total. The van der Waals surface area contributed by atoms with Gasteiger partial charge in [-0.05, 0) is 36.9 Å². The van der Waals surface area contributed by atoms with Gasteiger partial charge in [-0.3, -0.25) is 5.41 Å². The van der Waals surface area contributed by atoms with Gasteiger partial charge >= 0.3 is 0 Å². The molecule has 98 valence electrons. The maximum Gasteiger partial charge on any atom is 0.125 e. The number of nitrogen functional groups attached to an aromatic ring is 1. The second-order valence-electron chi connectivity index (χ2n) is 4.11. The summed E-state index contributed by atoms with van der Waals surface area (Å²) in [5.74, 6) is 0.126. The highest BCUT2D eigenvalue weighted by Gasteiger charge is 2.12. The van der Waals surface area contributed by atoms with Gasteiger partial charge in [0.25, 0.3) is 0 Å². The minimum absolute atomic E-state index is 0.126. The summed E-state index contributed by atoms with van der Waals surface area (Å²) in [4.78, 5) is 3.28. The Balaban J connectivity index is 2.46. The van der Waals surface area contributed by atoms with Crippen molar-refractivity contribution in [2.24, 2.45) is 5.73 Å². The SMILES string of the molecule is CSc1cccc(Sc2ccccc2C)c1C(=N)N. The van der Waals surface area contributed by atoms with Crippen LogP contribution in [0.5, 0.6) is 0 Å². The van der Waals surface area contributed by atoms with Crippen molar-refractivity contribution in [2.75, 3.05) is 6.26 Å². The summed E-state index contributed by atoms with van der Waals surface area (Å²) < 4.78 is 0. The monoisotopic (exact) mass is 288 g/mol. The molecule has 0 saturated heterocycles.